The highest BCUT2D eigenvalue weighted by molar-refractivity contribution is 6.42. The number of piperidine rings is 1. The Bertz CT molecular complexity index is 825. The summed E-state index contributed by atoms with van der Waals surface area (Å²) >= 11 is 12.2. The zero-order chi connectivity index (χ0) is 18.0. The van der Waals surface area contributed by atoms with Gasteiger partial charge in [0.15, 0.2) is 0 Å². The highest BCUT2D eigenvalue weighted by atomic mass is 35.5. The SMILES string of the molecule is Cc1cccc(N2CC(CC=O)(c3ccc(Cl)c(Cl)c3)CCC2=O)n1. The van der Waals surface area contributed by atoms with Crippen molar-refractivity contribution in [3.8, 4) is 0 Å². The number of halogens is 2. The van der Waals surface area contributed by atoms with Gasteiger partial charge in [0, 0.05) is 30.5 Å². The van der Waals surface area contributed by atoms with Crippen molar-refractivity contribution < 1.29 is 9.59 Å². The Balaban J connectivity index is 2.03. The van der Waals surface area contributed by atoms with Gasteiger partial charge in [-0.2, -0.15) is 0 Å². The molecule has 0 N–H and O–H groups in total. The Morgan fingerprint density at radius 3 is 2.72 bits per heavy atom. The van der Waals surface area contributed by atoms with E-state index in [-0.39, 0.29) is 5.91 Å². The summed E-state index contributed by atoms with van der Waals surface area (Å²) in [7, 11) is 0. The lowest BCUT2D eigenvalue weighted by atomic mass is 9.72. The zero-order valence-corrected chi connectivity index (χ0v) is 15.3. The number of anilines is 1. The van der Waals surface area contributed by atoms with E-state index in [1.165, 1.54) is 0 Å². The van der Waals surface area contributed by atoms with Crippen LogP contribution in [-0.2, 0) is 15.0 Å². The summed E-state index contributed by atoms with van der Waals surface area (Å²) in [6.45, 7) is 2.27. The van der Waals surface area contributed by atoms with Gasteiger partial charge in [0.25, 0.3) is 0 Å². The highest BCUT2D eigenvalue weighted by Crippen LogP contribution is 2.40. The van der Waals surface area contributed by atoms with Crippen LogP contribution in [0.15, 0.2) is 36.4 Å². The smallest absolute Gasteiger partial charge is 0.228 e. The molecule has 3 rings (SSSR count). The molecule has 1 atom stereocenters. The molecule has 1 aromatic carbocycles. The van der Waals surface area contributed by atoms with Gasteiger partial charge in [-0.15, -0.1) is 0 Å². The van der Waals surface area contributed by atoms with Crippen molar-refractivity contribution in [3.05, 3.63) is 57.7 Å². The van der Waals surface area contributed by atoms with Crippen molar-refractivity contribution in [1.82, 2.24) is 4.98 Å². The summed E-state index contributed by atoms with van der Waals surface area (Å²) in [5.74, 6) is 0.625. The van der Waals surface area contributed by atoms with Gasteiger partial charge < -0.3 is 4.79 Å². The van der Waals surface area contributed by atoms with Crippen LogP contribution in [0.25, 0.3) is 0 Å². The quantitative estimate of drug-likeness (QED) is 0.745. The van der Waals surface area contributed by atoms with Gasteiger partial charge >= 0.3 is 0 Å². The minimum atomic E-state index is -0.491. The summed E-state index contributed by atoms with van der Waals surface area (Å²) < 4.78 is 0. The predicted molar refractivity (Wildman–Crippen MR) is 99.4 cm³/mol. The number of carbonyl (C=O) groups excluding carboxylic acids is 2. The molecule has 1 aliphatic heterocycles. The van der Waals surface area contributed by atoms with Crippen molar-refractivity contribution in [2.45, 2.75) is 31.6 Å². The summed E-state index contributed by atoms with van der Waals surface area (Å²) in [6.07, 6.45) is 2.15. The maximum Gasteiger partial charge on any atom is 0.228 e. The van der Waals surface area contributed by atoms with Crippen LogP contribution in [0.3, 0.4) is 0 Å². The third-order valence-corrected chi connectivity index (χ3v) is 5.47. The third kappa shape index (κ3) is 3.55. The van der Waals surface area contributed by atoms with Gasteiger partial charge in [-0.05, 0) is 43.2 Å². The van der Waals surface area contributed by atoms with Gasteiger partial charge in [-0.3, -0.25) is 9.69 Å². The Kier molecular flexibility index (Phi) is 5.11. The standard InChI is InChI=1S/C19H18Cl2N2O2/c1-13-3-2-4-17(22-13)23-12-19(9-10-24,8-7-18(23)25)14-5-6-15(20)16(21)11-14/h2-6,10-11H,7-9,12H2,1H3. The molecule has 25 heavy (non-hydrogen) atoms. The molecule has 1 aromatic heterocycles. The number of hydrogen-bond donors (Lipinski definition) is 0. The maximum absolute atomic E-state index is 12.5. The molecule has 1 aliphatic rings. The predicted octanol–water partition coefficient (Wildman–Crippen LogP) is 4.35. The molecule has 2 heterocycles. The number of aromatic nitrogens is 1. The summed E-state index contributed by atoms with van der Waals surface area (Å²) in [4.78, 5) is 30.0. The topological polar surface area (TPSA) is 50.3 Å². The van der Waals surface area contributed by atoms with Crippen LogP contribution in [0.1, 0.15) is 30.5 Å². The largest absolute Gasteiger partial charge is 0.303 e. The normalized spacial score (nSPS) is 20.6. The monoisotopic (exact) mass is 376 g/mol. The molecule has 0 spiro atoms. The number of amides is 1. The van der Waals surface area contributed by atoms with Crippen LogP contribution < -0.4 is 4.90 Å². The first kappa shape index (κ1) is 17.9. The lowest BCUT2D eigenvalue weighted by Gasteiger charge is -2.42. The molecule has 1 fully saturated rings. The fourth-order valence-electron chi connectivity index (χ4n) is 3.34. The molecule has 6 heteroatoms. The molecule has 1 unspecified atom stereocenters. The third-order valence-electron chi connectivity index (χ3n) is 4.74. The van der Waals surface area contributed by atoms with Crippen LogP contribution >= 0.6 is 23.2 Å². The van der Waals surface area contributed by atoms with Gasteiger partial charge in [-0.1, -0.05) is 35.3 Å². The molecule has 1 amide bonds. The Morgan fingerprint density at radius 2 is 2.04 bits per heavy atom. The number of aldehydes is 1. The Labute approximate surface area is 156 Å². The lowest BCUT2D eigenvalue weighted by Crippen LogP contribution is -2.49. The van der Waals surface area contributed by atoms with Crippen molar-refractivity contribution >= 4 is 41.2 Å². The molecule has 0 aliphatic carbocycles. The minimum absolute atomic E-state index is 0.0136. The Morgan fingerprint density at radius 1 is 1.24 bits per heavy atom. The second kappa shape index (κ2) is 7.14. The van der Waals surface area contributed by atoms with Crippen LogP contribution in [0, 0.1) is 6.92 Å². The molecule has 0 saturated carbocycles. The number of pyridine rings is 1. The van der Waals surface area contributed by atoms with E-state index in [4.69, 9.17) is 23.2 Å². The van der Waals surface area contributed by atoms with E-state index in [1.54, 1.807) is 17.0 Å². The zero-order valence-electron chi connectivity index (χ0n) is 13.8. The van der Waals surface area contributed by atoms with E-state index in [0.717, 1.165) is 17.5 Å². The first-order valence-electron chi connectivity index (χ1n) is 8.08. The lowest BCUT2D eigenvalue weighted by molar-refractivity contribution is -0.121. The van der Waals surface area contributed by atoms with E-state index in [1.807, 2.05) is 31.2 Å². The molecule has 130 valence electrons. The molecule has 1 saturated heterocycles. The molecule has 0 radical (unpaired) electrons. The van der Waals surface area contributed by atoms with Gasteiger partial charge in [-0.25, -0.2) is 4.98 Å². The van der Waals surface area contributed by atoms with E-state index in [9.17, 15) is 9.59 Å². The molecular weight excluding hydrogens is 359 g/mol. The summed E-state index contributed by atoms with van der Waals surface area (Å²) in [5.41, 5.74) is 1.26. The van der Waals surface area contributed by atoms with E-state index in [2.05, 4.69) is 4.98 Å². The molecule has 4 nitrogen and oxygen atoms in total. The minimum Gasteiger partial charge on any atom is -0.303 e. The molecular formula is C19H18Cl2N2O2. The Hall–Kier alpha value is -1.91. The van der Waals surface area contributed by atoms with Gasteiger partial charge in [0.1, 0.15) is 12.1 Å². The maximum atomic E-state index is 12.5. The van der Waals surface area contributed by atoms with Crippen LogP contribution in [-0.4, -0.2) is 23.7 Å². The summed E-state index contributed by atoms with van der Waals surface area (Å²) in [6, 6.07) is 11.0. The van der Waals surface area contributed by atoms with Crippen molar-refractivity contribution in [3.63, 3.8) is 0 Å². The van der Waals surface area contributed by atoms with Crippen LogP contribution in [0.5, 0.6) is 0 Å². The number of hydrogen-bond acceptors (Lipinski definition) is 3. The average Bonchev–Trinajstić information content (AvgIpc) is 2.59. The number of aryl methyl sites for hydroxylation is 1. The summed E-state index contributed by atoms with van der Waals surface area (Å²) in [5, 5.41) is 0.914. The average molecular weight is 377 g/mol. The fourth-order valence-corrected chi connectivity index (χ4v) is 3.64. The van der Waals surface area contributed by atoms with E-state index >= 15 is 0 Å². The van der Waals surface area contributed by atoms with Crippen LogP contribution in [0.2, 0.25) is 10.0 Å². The molecule has 2 aromatic rings. The van der Waals surface area contributed by atoms with Crippen molar-refractivity contribution in [2.24, 2.45) is 0 Å². The van der Waals surface area contributed by atoms with Crippen LogP contribution in [0.4, 0.5) is 5.82 Å². The first-order chi connectivity index (χ1) is 11.9. The van der Waals surface area contributed by atoms with E-state index in [0.29, 0.717) is 41.7 Å². The highest BCUT2D eigenvalue weighted by Gasteiger charge is 2.41. The van der Waals surface area contributed by atoms with E-state index < -0.39 is 5.41 Å². The fraction of sp³-hybridized carbons (Fsp3) is 0.316. The number of nitrogens with zero attached hydrogens (tertiary/aromatic N) is 2. The van der Waals surface area contributed by atoms with Crippen molar-refractivity contribution in [2.75, 3.05) is 11.4 Å². The van der Waals surface area contributed by atoms with Gasteiger partial charge in [0.2, 0.25) is 5.91 Å². The second-order valence-electron chi connectivity index (χ2n) is 6.40. The van der Waals surface area contributed by atoms with Crippen molar-refractivity contribution in [1.29, 1.82) is 0 Å². The first-order valence-corrected chi connectivity index (χ1v) is 8.84. The number of rotatable bonds is 4. The molecule has 0 bridgehead atoms. The second-order valence-corrected chi connectivity index (χ2v) is 7.21. The number of carbonyl (C=O) groups is 2. The van der Waals surface area contributed by atoms with Gasteiger partial charge in [0.05, 0.1) is 10.0 Å². The number of benzene rings is 1.